The molecule has 0 radical (unpaired) electrons. The molecule has 2 heterocycles. The number of aryl methyl sites for hydroxylation is 1. The van der Waals surface area contributed by atoms with Crippen LogP contribution >= 0.6 is 11.6 Å². The lowest BCUT2D eigenvalue weighted by Crippen LogP contribution is -2.32. The SMILES string of the molecule is Cc1c(Cc2ccccc2)c(=O)oc2c3c(c(Cl)cc12)OCN(c1cccc(F)c1)C3. The molecule has 0 saturated carbocycles. The molecule has 0 atom stereocenters. The van der Waals surface area contributed by atoms with Gasteiger partial charge in [-0.3, -0.25) is 0 Å². The predicted octanol–water partition coefficient (Wildman–Crippen LogP) is 5.84. The molecule has 0 fully saturated rings. The van der Waals surface area contributed by atoms with Gasteiger partial charge in [-0.05, 0) is 42.3 Å². The van der Waals surface area contributed by atoms with E-state index >= 15 is 0 Å². The fraction of sp³-hybridized carbons (Fsp3) is 0.160. The van der Waals surface area contributed by atoms with Gasteiger partial charge in [-0.1, -0.05) is 48.0 Å². The van der Waals surface area contributed by atoms with Gasteiger partial charge < -0.3 is 14.1 Å². The number of hydrogen-bond acceptors (Lipinski definition) is 4. The van der Waals surface area contributed by atoms with Crippen LogP contribution in [0.3, 0.4) is 0 Å². The standard InChI is InChI=1S/C25H19ClFNO3/c1-15-19-12-22(26)24-21(13-28(14-30-24)18-9-5-8-17(27)11-18)23(19)31-25(29)20(15)10-16-6-3-2-4-7-16/h2-9,11-12H,10,13-14H2,1H3. The number of rotatable bonds is 3. The maximum Gasteiger partial charge on any atom is 0.340 e. The van der Waals surface area contributed by atoms with Crippen LogP contribution in [0.5, 0.6) is 5.75 Å². The van der Waals surface area contributed by atoms with Crippen molar-refractivity contribution in [1.29, 1.82) is 0 Å². The van der Waals surface area contributed by atoms with Crippen LogP contribution in [0, 0.1) is 12.7 Å². The van der Waals surface area contributed by atoms with Crippen molar-refractivity contribution in [3.63, 3.8) is 0 Å². The first-order valence-corrected chi connectivity index (χ1v) is 10.3. The summed E-state index contributed by atoms with van der Waals surface area (Å²) < 4.78 is 25.4. The van der Waals surface area contributed by atoms with E-state index in [4.69, 9.17) is 20.8 Å². The molecule has 0 amide bonds. The minimum absolute atomic E-state index is 0.219. The first-order chi connectivity index (χ1) is 15.0. The van der Waals surface area contributed by atoms with Crippen molar-refractivity contribution < 1.29 is 13.5 Å². The highest BCUT2D eigenvalue weighted by Crippen LogP contribution is 2.40. The van der Waals surface area contributed by atoms with E-state index in [0.717, 1.165) is 16.5 Å². The van der Waals surface area contributed by atoms with Crippen molar-refractivity contribution in [2.24, 2.45) is 0 Å². The lowest BCUT2D eigenvalue weighted by molar-refractivity contribution is 0.289. The van der Waals surface area contributed by atoms with E-state index < -0.39 is 0 Å². The number of ether oxygens (including phenoxy) is 1. The normalized spacial score (nSPS) is 13.2. The third kappa shape index (κ3) is 3.55. The minimum atomic E-state index is -0.374. The van der Waals surface area contributed by atoms with Crippen LogP contribution in [-0.2, 0) is 13.0 Å². The summed E-state index contributed by atoms with van der Waals surface area (Å²) in [5.41, 5.74) is 3.92. The van der Waals surface area contributed by atoms with E-state index in [9.17, 15) is 9.18 Å². The molecule has 4 aromatic rings. The Balaban J connectivity index is 1.63. The third-order valence-electron chi connectivity index (χ3n) is 5.69. The Labute approximate surface area is 183 Å². The average Bonchev–Trinajstić information content (AvgIpc) is 2.78. The summed E-state index contributed by atoms with van der Waals surface area (Å²) >= 11 is 6.54. The van der Waals surface area contributed by atoms with Crippen molar-refractivity contribution in [3.8, 4) is 5.75 Å². The molecule has 156 valence electrons. The van der Waals surface area contributed by atoms with Gasteiger partial charge in [0, 0.05) is 23.1 Å². The van der Waals surface area contributed by atoms with E-state index in [1.54, 1.807) is 12.1 Å². The quantitative estimate of drug-likeness (QED) is 0.379. The smallest absolute Gasteiger partial charge is 0.340 e. The molecule has 0 spiro atoms. The Hall–Kier alpha value is -3.31. The van der Waals surface area contributed by atoms with Gasteiger partial charge in [0.2, 0.25) is 0 Å². The fourth-order valence-corrected chi connectivity index (χ4v) is 4.33. The summed E-state index contributed by atoms with van der Waals surface area (Å²) in [6, 6.07) is 17.9. The largest absolute Gasteiger partial charge is 0.471 e. The zero-order chi connectivity index (χ0) is 21.5. The summed E-state index contributed by atoms with van der Waals surface area (Å²) in [5, 5.41) is 1.24. The second kappa shape index (κ2) is 7.75. The predicted molar refractivity (Wildman–Crippen MR) is 120 cm³/mol. The molecule has 1 aromatic heterocycles. The van der Waals surface area contributed by atoms with Crippen LogP contribution in [0.15, 0.2) is 69.9 Å². The maximum atomic E-state index is 13.7. The summed E-state index contributed by atoms with van der Waals surface area (Å²) in [6.45, 7) is 2.52. The molecule has 0 unspecified atom stereocenters. The van der Waals surface area contributed by atoms with Crippen molar-refractivity contribution in [3.05, 3.63) is 104 Å². The number of nitrogens with zero attached hydrogens (tertiary/aromatic N) is 1. The Morgan fingerprint density at radius 1 is 1.10 bits per heavy atom. The first-order valence-electron chi connectivity index (χ1n) is 9.96. The van der Waals surface area contributed by atoms with Crippen LogP contribution in [0.1, 0.15) is 22.3 Å². The van der Waals surface area contributed by atoms with Gasteiger partial charge in [0.05, 0.1) is 17.1 Å². The number of fused-ring (bicyclic) bond motifs is 3. The van der Waals surface area contributed by atoms with Crippen molar-refractivity contribution in [1.82, 2.24) is 0 Å². The highest BCUT2D eigenvalue weighted by atomic mass is 35.5. The van der Waals surface area contributed by atoms with Gasteiger partial charge in [-0.15, -0.1) is 0 Å². The van der Waals surface area contributed by atoms with Gasteiger partial charge >= 0.3 is 5.63 Å². The zero-order valence-electron chi connectivity index (χ0n) is 16.8. The minimum Gasteiger partial charge on any atom is -0.471 e. The van der Waals surface area contributed by atoms with E-state index in [-0.39, 0.29) is 18.2 Å². The van der Waals surface area contributed by atoms with Crippen LogP contribution < -0.4 is 15.3 Å². The fourth-order valence-electron chi connectivity index (χ4n) is 4.05. The van der Waals surface area contributed by atoms with E-state index in [0.29, 0.717) is 46.1 Å². The first kappa shape index (κ1) is 19.6. The Morgan fingerprint density at radius 3 is 2.68 bits per heavy atom. The average molecular weight is 436 g/mol. The molecular weight excluding hydrogens is 417 g/mol. The number of anilines is 1. The second-order valence-corrected chi connectivity index (χ2v) is 8.06. The summed E-state index contributed by atoms with van der Waals surface area (Å²) in [6.07, 6.45) is 0.478. The van der Waals surface area contributed by atoms with E-state index in [2.05, 4.69) is 0 Å². The molecular formula is C25H19ClFNO3. The van der Waals surface area contributed by atoms with Crippen LogP contribution in [0.2, 0.25) is 5.02 Å². The Bertz CT molecular complexity index is 1350. The molecule has 0 bridgehead atoms. The molecule has 0 aliphatic carbocycles. The number of benzene rings is 3. The van der Waals surface area contributed by atoms with Crippen molar-refractivity contribution in [2.45, 2.75) is 19.9 Å². The zero-order valence-corrected chi connectivity index (χ0v) is 17.6. The Morgan fingerprint density at radius 2 is 1.90 bits per heavy atom. The monoisotopic (exact) mass is 435 g/mol. The second-order valence-electron chi connectivity index (χ2n) is 7.65. The number of hydrogen-bond donors (Lipinski definition) is 0. The molecule has 1 aliphatic heterocycles. The van der Waals surface area contributed by atoms with Gasteiger partial charge in [0.25, 0.3) is 0 Å². The number of halogens is 2. The molecule has 6 heteroatoms. The summed E-state index contributed by atoms with van der Waals surface area (Å²) in [7, 11) is 0. The molecule has 3 aromatic carbocycles. The van der Waals surface area contributed by atoms with Crippen LogP contribution in [-0.4, -0.2) is 6.73 Å². The molecule has 0 saturated heterocycles. The molecule has 1 aliphatic rings. The molecule has 5 rings (SSSR count). The summed E-state index contributed by atoms with van der Waals surface area (Å²) in [4.78, 5) is 14.8. The summed E-state index contributed by atoms with van der Waals surface area (Å²) in [5.74, 6) is 0.173. The van der Waals surface area contributed by atoms with E-state index in [1.165, 1.54) is 12.1 Å². The van der Waals surface area contributed by atoms with Crippen LogP contribution in [0.4, 0.5) is 10.1 Å². The van der Waals surface area contributed by atoms with Gasteiger partial charge in [-0.2, -0.15) is 0 Å². The lowest BCUT2D eigenvalue weighted by Gasteiger charge is -2.31. The van der Waals surface area contributed by atoms with Crippen LogP contribution in [0.25, 0.3) is 11.0 Å². The Kier molecular flexibility index (Phi) is 4.91. The van der Waals surface area contributed by atoms with E-state index in [1.807, 2.05) is 48.2 Å². The molecule has 31 heavy (non-hydrogen) atoms. The van der Waals surface area contributed by atoms with Crippen molar-refractivity contribution in [2.75, 3.05) is 11.6 Å². The van der Waals surface area contributed by atoms with Gasteiger partial charge in [0.15, 0.2) is 6.73 Å². The van der Waals surface area contributed by atoms with Gasteiger partial charge in [-0.25, -0.2) is 9.18 Å². The topological polar surface area (TPSA) is 42.7 Å². The highest BCUT2D eigenvalue weighted by Gasteiger charge is 2.26. The van der Waals surface area contributed by atoms with Crippen molar-refractivity contribution >= 4 is 28.3 Å². The molecule has 4 nitrogen and oxygen atoms in total. The highest BCUT2D eigenvalue weighted by molar-refractivity contribution is 6.33. The molecule has 0 N–H and O–H groups in total. The van der Waals surface area contributed by atoms with Gasteiger partial charge in [0.1, 0.15) is 17.1 Å². The lowest BCUT2D eigenvalue weighted by atomic mass is 9.97. The third-order valence-corrected chi connectivity index (χ3v) is 5.97. The maximum absolute atomic E-state index is 13.7.